The van der Waals surface area contributed by atoms with E-state index < -0.39 is 0 Å². The summed E-state index contributed by atoms with van der Waals surface area (Å²) in [4.78, 5) is 12.2. The largest absolute Gasteiger partial charge is 0.348 e. The molecular weight excluding hydrogens is 240 g/mol. The van der Waals surface area contributed by atoms with Gasteiger partial charge in [0.05, 0.1) is 13.2 Å². The van der Waals surface area contributed by atoms with Crippen LogP contribution in [0.15, 0.2) is 11.1 Å². The number of ether oxygens (including phenoxy) is 2. The van der Waals surface area contributed by atoms with Crippen LogP contribution in [0.2, 0.25) is 0 Å². The summed E-state index contributed by atoms with van der Waals surface area (Å²) in [6, 6.07) is 0. The van der Waals surface area contributed by atoms with Gasteiger partial charge in [0.25, 0.3) is 0 Å². The van der Waals surface area contributed by atoms with E-state index in [2.05, 4.69) is 0 Å². The van der Waals surface area contributed by atoms with Crippen molar-refractivity contribution in [3.63, 3.8) is 0 Å². The van der Waals surface area contributed by atoms with Crippen molar-refractivity contribution in [2.24, 2.45) is 11.8 Å². The Bertz CT molecular complexity index is 431. The molecule has 2 saturated carbocycles. The molecule has 1 spiro atoms. The molecule has 0 N–H and O–H groups in total. The van der Waals surface area contributed by atoms with Gasteiger partial charge in [-0.1, -0.05) is 11.1 Å². The van der Waals surface area contributed by atoms with E-state index >= 15 is 0 Å². The molecule has 1 aliphatic heterocycles. The van der Waals surface area contributed by atoms with Gasteiger partial charge in [-0.15, -0.1) is 0 Å². The molecular formula is C16H22O3. The molecule has 4 aliphatic rings. The predicted molar refractivity (Wildman–Crippen MR) is 70.6 cm³/mol. The summed E-state index contributed by atoms with van der Waals surface area (Å²) in [6.07, 6.45) is 8.25. The molecule has 3 nitrogen and oxygen atoms in total. The molecule has 104 valence electrons. The standard InChI is InChI=1S/C16H22O3/c17-13-8-11-2-1-3-14(11)15-4-5-16(10-12(15)9-13)18-6-7-19-16/h11-12H,1-10H2/t11-,12-/m0/s1. The van der Waals surface area contributed by atoms with Crippen molar-refractivity contribution < 1.29 is 14.3 Å². The van der Waals surface area contributed by atoms with Crippen LogP contribution in [0.25, 0.3) is 0 Å². The van der Waals surface area contributed by atoms with Crippen molar-refractivity contribution >= 4 is 5.78 Å². The number of carbonyl (C=O) groups is 1. The smallest absolute Gasteiger partial charge is 0.169 e. The van der Waals surface area contributed by atoms with Crippen LogP contribution in [0.5, 0.6) is 0 Å². The third kappa shape index (κ3) is 1.98. The van der Waals surface area contributed by atoms with Gasteiger partial charge in [0.2, 0.25) is 0 Å². The Labute approximate surface area is 114 Å². The normalized spacial score (nSPS) is 37.4. The summed E-state index contributed by atoms with van der Waals surface area (Å²) in [6.45, 7) is 1.43. The van der Waals surface area contributed by atoms with Crippen molar-refractivity contribution in [1.82, 2.24) is 0 Å². The highest BCUT2D eigenvalue weighted by Crippen LogP contribution is 2.50. The lowest BCUT2D eigenvalue weighted by Crippen LogP contribution is -2.38. The molecule has 1 heterocycles. The predicted octanol–water partition coefficient (Wildman–Crippen LogP) is 2.99. The van der Waals surface area contributed by atoms with Gasteiger partial charge < -0.3 is 9.47 Å². The van der Waals surface area contributed by atoms with Gasteiger partial charge in [-0.2, -0.15) is 0 Å². The Balaban J connectivity index is 1.66. The molecule has 2 atom stereocenters. The van der Waals surface area contributed by atoms with Crippen LogP contribution >= 0.6 is 0 Å². The van der Waals surface area contributed by atoms with Crippen LogP contribution in [0.3, 0.4) is 0 Å². The highest BCUT2D eigenvalue weighted by atomic mass is 16.7. The van der Waals surface area contributed by atoms with Crippen molar-refractivity contribution in [3.8, 4) is 0 Å². The third-order valence-corrected chi connectivity index (χ3v) is 5.49. The molecule has 0 amide bonds. The highest BCUT2D eigenvalue weighted by Gasteiger charge is 2.46. The lowest BCUT2D eigenvalue weighted by atomic mass is 9.76. The van der Waals surface area contributed by atoms with E-state index in [1.807, 2.05) is 0 Å². The maximum atomic E-state index is 12.2. The average molecular weight is 262 g/mol. The first-order valence-electron chi connectivity index (χ1n) is 7.77. The lowest BCUT2D eigenvalue weighted by molar-refractivity contribution is -0.180. The number of carbonyl (C=O) groups excluding carboxylic acids is 1. The maximum absolute atomic E-state index is 12.2. The lowest BCUT2D eigenvalue weighted by Gasteiger charge is -2.38. The van der Waals surface area contributed by atoms with Crippen molar-refractivity contribution in [2.45, 2.75) is 57.2 Å². The second-order valence-corrected chi connectivity index (χ2v) is 6.60. The van der Waals surface area contributed by atoms with E-state index in [0.717, 1.165) is 45.3 Å². The summed E-state index contributed by atoms with van der Waals surface area (Å²) < 4.78 is 11.7. The van der Waals surface area contributed by atoms with Gasteiger partial charge >= 0.3 is 0 Å². The van der Waals surface area contributed by atoms with Gasteiger partial charge in [-0.3, -0.25) is 4.79 Å². The number of fused-ring (bicyclic) bond motifs is 2. The first kappa shape index (κ1) is 12.1. The Morgan fingerprint density at radius 1 is 1.00 bits per heavy atom. The van der Waals surface area contributed by atoms with E-state index in [9.17, 15) is 4.79 Å². The zero-order chi connectivity index (χ0) is 12.9. The van der Waals surface area contributed by atoms with E-state index in [4.69, 9.17) is 9.47 Å². The number of hydrogen-bond donors (Lipinski definition) is 0. The van der Waals surface area contributed by atoms with Crippen LogP contribution in [-0.4, -0.2) is 24.8 Å². The first-order chi connectivity index (χ1) is 9.26. The molecule has 0 bridgehead atoms. The zero-order valence-electron chi connectivity index (χ0n) is 11.5. The number of hydrogen-bond acceptors (Lipinski definition) is 3. The molecule has 19 heavy (non-hydrogen) atoms. The summed E-state index contributed by atoms with van der Waals surface area (Å²) in [7, 11) is 0. The molecule has 1 saturated heterocycles. The molecule has 3 fully saturated rings. The first-order valence-corrected chi connectivity index (χ1v) is 7.77. The molecule has 0 aromatic rings. The summed E-state index contributed by atoms with van der Waals surface area (Å²) in [5, 5.41) is 0. The summed E-state index contributed by atoms with van der Waals surface area (Å²) in [5.74, 6) is 1.08. The monoisotopic (exact) mass is 262 g/mol. The number of Topliss-reactive ketones (excluding diaryl/α,β-unsaturated/α-hetero) is 1. The molecule has 4 rings (SSSR count). The molecule has 0 aromatic carbocycles. The molecule has 3 aliphatic carbocycles. The van der Waals surface area contributed by atoms with Crippen LogP contribution in [0.4, 0.5) is 0 Å². The van der Waals surface area contributed by atoms with Gasteiger partial charge in [0.1, 0.15) is 5.78 Å². The Hall–Kier alpha value is -0.670. The second kappa shape index (κ2) is 4.42. The fourth-order valence-corrected chi connectivity index (χ4v) is 4.71. The Kier molecular flexibility index (Phi) is 2.82. The zero-order valence-corrected chi connectivity index (χ0v) is 11.5. The molecule has 0 aromatic heterocycles. The van der Waals surface area contributed by atoms with Crippen molar-refractivity contribution in [3.05, 3.63) is 11.1 Å². The second-order valence-electron chi connectivity index (χ2n) is 6.60. The van der Waals surface area contributed by atoms with Crippen LogP contribution in [0.1, 0.15) is 51.4 Å². The van der Waals surface area contributed by atoms with E-state index in [1.54, 1.807) is 11.1 Å². The summed E-state index contributed by atoms with van der Waals surface area (Å²) in [5.41, 5.74) is 3.25. The topological polar surface area (TPSA) is 35.5 Å². The minimum atomic E-state index is -0.354. The Morgan fingerprint density at radius 3 is 2.58 bits per heavy atom. The molecule has 3 heteroatoms. The van der Waals surface area contributed by atoms with E-state index in [1.165, 1.54) is 19.3 Å². The summed E-state index contributed by atoms with van der Waals surface area (Å²) >= 11 is 0. The highest BCUT2D eigenvalue weighted by molar-refractivity contribution is 5.80. The van der Waals surface area contributed by atoms with Crippen LogP contribution in [0, 0.1) is 11.8 Å². The fraction of sp³-hybridized carbons (Fsp3) is 0.812. The van der Waals surface area contributed by atoms with Gasteiger partial charge in [-0.05, 0) is 37.5 Å². The molecule has 0 radical (unpaired) electrons. The van der Waals surface area contributed by atoms with Gasteiger partial charge in [-0.25, -0.2) is 0 Å². The van der Waals surface area contributed by atoms with Crippen LogP contribution < -0.4 is 0 Å². The number of allylic oxidation sites excluding steroid dienone is 2. The fourth-order valence-electron chi connectivity index (χ4n) is 4.71. The van der Waals surface area contributed by atoms with Crippen LogP contribution in [-0.2, 0) is 14.3 Å². The number of ketones is 1. The van der Waals surface area contributed by atoms with Crippen molar-refractivity contribution in [1.29, 1.82) is 0 Å². The third-order valence-electron chi connectivity index (χ3n) is 5.49. The quantitative estimate of drug-likeness (QED) is 0.630. The van der Waals surface area contributed by atoms with Crippen molar-refractivity contribution in [2.75, 3.05) is 13.2 Å². The van der Waals surface area contributed by atoms with E-state index in [-0.39, 0.29) is 5.79 Å². The molecule has 0 unspecified atom stereocenters. The van der Waals surface area contributed by atoms with Gasteiger partial charge in [0.15, 0.2) is 5.79 Å². The minimum Gasteiger partial charge on any atom is -0.348 e. The van der Waals surface area contributed by atoms with E-state index in [0.29, 0.717) is 17.6 Å². The Morgan fingerprint density at radius 2 is 1.74 bits per heavy atom. The maximum Gasteiger partial charge on any atom is 0.169 e. The van der Waals surface area contributed by atoms with Gasteiger partial charge in [0, 0.05) is 25.7 Å². The average Bonchev–Trinajstić information content (AvgIpc) is 2.98. The number of rotatable bonds is 0. The SMILES string of the molecule is O=C1C[C@@H]2CCCC2=C2CCC3(C[C@@H]2C1)OCCO3. The minimum absolute atomic E-state index is 0.354.